The van der Waals surface area contributed by atoms with Crippen LogP contribution in [0.4, 0.5) is 11.4 Å². The number of sulfonamides is 1. The van der Waals surface area contributed by atoms with Crippen LogP contribution < -0.4 is 9.62 Å². The Morgan fingerprint density at radius 2 is 1.54 bits per heavy atom. The molecular formula is C29H28N2O3S. The van der Waals surface area contributed by atoms with Crippen LogP contribution in [0.2, 0.25) is 0 Å². The van der Waals surface area contributed by atoms with Crippen LogP contribution in [0, 0.1) is 13.8 Å². The normalized spacial score (nSPS) is 12.7. The van der Waals surface area contributed by atoms with E-state index < -0.39 is 10.0 Å². The second-order valence-electron chi connectivity index (χ2n) is 9.38. The van der Waals surface area contributed by atoms with E-state index in [9.17, 15) is 13.2 Å². The maximum atomic E-state index is 13.0. The van der Waals surface area contributed by atoms with Gasteiger partial charge in [-0.05, 0) is 90.2 Å². The van der Waals surface area contributed by atoms with Gasteiger partial charge in [-0.1, -0.05) is 42.5 Å². The first-order valence-corrected chi connectivity index (χ1v) is 13.5. The van der Waals surface area contributed by atoms with E-state index in [1.165, 1.54) is 27.1 Å². The van der Waals surface area contributed by atoms with Gasteiger partial charge in [0, 0.05) is 16.6 Å². The number of hydrogen-bond donors (Lipinski definition) is 1. The lowest BCUT2D eigenvalue weighted by Crippen LogP contribution is -2.29. The molecule has 5 nitrogen and oxygen atoms in total. The Labute approximate surface area is 206 Å². The Morgan fingerprint density at radius 3 is 2.20 bits per heavy atom. The monoisotopic (exact) mass is 484 g/mol. The van der Waals surface area contributed by atoms with Crippen LogP contribution in [0.1, 0.15) is 38.2 Å². The molecule has 0 spiro atoms. The van der Waals surface area contributed by atoms with Gasteiger partial charge in [0.1, 0.15) is 0 Å². The molecule has 0 aliphatic heterocycles. The molecule has 0 radical (unpaired) electrons. The largest absolute Gasteiger partial charge is 0.321 e. The first-order valence-electron chi connectivity index (χ1n) is 11.7. The number of nitrogens with one attached hydrogen (secondary N) is 1. The summed E-state index contributed by atoms with van der Waals surface area (Å²) in [5.74, 6) is -0.190. The maximum absolute atomic E-state index is 13.0. The van der Waals surface area contributed by atoms with E-state index in [2.05, 4.69) is 23.5 Å². The predicted molar refractivity (Wildman–Crippen MR) is 143 cm³/mol. The van der Waals surface area contributed by atoms with Gasteiger partial charge in [-0.2, -0.15) is 0 Å². The molecule has 0 bridgehead atoms. The van der Waals surface area contributed by atoms with Gasteiger partial charge in [0.05, 0.1) is 18.5 Å². The molecule has 0 unspecified atom stereocenters. The van der Waals surface area contributed by atoms with Gasteiger partial charge in [-0.3, -0.25) is 9.10 Å². The van der Waals surface area contributed by atoms with Crippen molar-refractivity contribution < 1.29 is 13.2 Å². The van der Waals surface area contributed by atoms with Crippen LogP contribution in [0.25, 0.3) is 10.8 Å². The summed E-state index contributed by atoms with van der Waals surface area (Å²) in [7, 11) is -3.49. The molecular weight excluding hydrogens is 456 g/mol. The van der Waals surface area contributed by atoms with Crippen LogP contribution >= 0.6 is 0 Å². The standard InChI is InChI=1S/C29H28N2O3S/c1-19-15-20(2)17-25(16-19)31(35(3,33)34)18-21-7-9-24(10-8-21)29(32)30-27-14-13-23-12-11-22-5-4-6-26(27)28(22)23/h4-10,13-17H,11-12,18H2,1-3H3,(H,30,32). The number of carbonyl (C=O) groups is 1. The minimum Gasteiger partial charge on any atom is -0.321 e. The summed E-state index contributed by atoms with van der Waals surface area (Å²) in [6.45, 7) is 4.09. The van der Waals surface area contributed by atoms with Crippen molar-refractivity contribution >= 4 is 38.1 Å². The lowest BCUT2D eigenvalue weighted by Gasteiger charge is -2.23. The van der Waals surface area contributed by atoms with Gasteiger partial charge in [0.2, 0.25) is 10.0 Å². The van der Waals surface area contributed by atoms with Crippen molar-refractivity contribution in [2.45, 2.75) is 33.2 Å². The number of benzene rings is 4. The molecule has 4 aromatic carbocycles. The Kier molecular flexibility index (Phi) is 5.85. The highest BCUT2D eigenvalue weighted by Crippen LogP contribution is 2.35. The van der Waals surface area contributed by atoms with Crippen molar-refractivity contribution in [1.29, 1.82) is 0 Å². The van der Waals surface area contributed by atoms with Crippen molar-refractivity contribution in [2.75, 3.05) is 15.9 Å². The molecule has 1 aliphatic rings. The second kappa shape index (κ2) is 8.86. The SMILES string of the molecule is Cc1cc(C)cc(N(Cc2ccc(C(=O)Nc3ccc4c5c(cccc35)CC4)cc2)S(C)(=O)=O)c1. The summed E-state index contributed by atoms with van der Waals surface area (Å²) in [6.07, 6.45) is 3.29. The minimum absolute atomic E-state index is 0.190. The van der Waals surface area contributed by atoms with Crippen molar-refractivity contribution in [3.63, 3.8) is 0 Å². The van der Waals surface area contributed by atoms with Gasteiger partial charge in [0.15, 0.2) is 0 Å². The smallest absolute Gasteiger partial charge is 0.255 e. The molecule has 6 heteroatoms. The van der Waals surface area contributed by atoms with Crippen molar-refractivity contribution in [1.82, 2.24) is 0 Å². The van der Waals surface area contributed by atoms with Gasteiger partial charge in [-0.15, -0.1) is 0 Å². The third-order valence-electron chi connectivity index (χ3n) is 6.56. The summed E-state index contributed by atoms with van der Waals surface area (Å²) in [5.41, 5.74) is 7.44. The van der Waals surface area contributed by atoms with E-state index in [-0.39, 0.29) is 12.5 Å². The highest BCUT2D eigenvalue weighted by atomic mass is 32.2. The fraction of sp³-hybridized carbons (Fsp3) is 0.207. The molecule has 35 heavy (non-hydrogen) atoms. The highest BCUT2D eigenvalue weighted by Gasteiger charge is 2.20. The van der Waals surface area contributed by atoms with Gasteiger partial charge < -0.3 is 5.32 Å². The molecule has 0 aromatic heterocycles. The van der Waals surface area contributed by atoms with Crippen LogP contribution in [0.5, 0.6) is 0 Å². The van der Waals surface area contributed by atoms with Crippen molar-refractivity contribution in [3.05, 3.63) is 106 Å². The number of rotatable bonds is 6. The van der Waals surface area contributed by atoms with E-state index in [4.69, 9.17) is 0 Å². The molecule has 5 rings (SSSR count). The van der Waals surface area contributed by atoms with Crippen LogP contribution in [0.3, 0.4) is 0 Å². The Hall–Kier alpha value is -3.64. The summed E-state index contributed by atoms with van der Waals surface area (Å²) < 4.78 is 26.5. The first kappa shape index (κ1) is 23.1. The molecule has 0 saturated carbocycles. The zero-order chi connectivity index (χ0) is 24.7. The molecule has 0 heterocycles. The quantitative estimate of drug-likeness (QED) is 0.378. The van der Waals surface area contributed by atoms with E-state index in [0.717, 1.165) is 40.6 Å². The van der Waals surface area contributed by atoms with E-state index in [1.54, 1.807) is 12.1 Å². The number of aryl methyl sites for hydroxylation is 4. The molecule has 1 aliphatic carbocycles. The summed E-state index contributed by atoms with van der Waals surface area (Å²) >= 11 is 0. The van der Waals surface area contributed by atoms with Crippen molar-refractivity contribution in [2.24, 2.45) is 0 Å². The van der Waals surface area contributed by atoms with Gasteiger partial charge in [0.25, 0.3) is 5.91 Å². The second-order valence-corrected chi connectivity index (χ2v) is 11.3. The fourth-order valence-corrected chi connectivity index (χ4v) is 5.84. The van der Waals surface area contributed by atoms with Crippen LogP contribution in [0.15, 0.2) is 72.8 Å². The van der Waals surface area contributed by atoms with Gasteiger partial charge in [-0.25, -0.2) is 8.42 Å². The van der Waals surface area contributed by atoms with Crippen LogP contribution in [-0.2, 0) is 29.4 Å². The molecule has 1 N–H and O–H groups in total. The number of hydrogen-bond acceptors (Lipinski definition) is 3. The van der Waals surface area contributed by atoms with Gasteiger partial charge >= 0.3 is 0 Å². The summed E-state index contributed by atoms with van der Waals surface area (Å²) in [5, 5.41) is 5.39. The average Bonchev–Trinajstić information content (AvgIpc) is 3.23. The summed E-state index contributed by atoms with van der Waals surface area (Å²) in [6, 6.07) is 23.2. The average molecular weight is 485 g/mol. The molecule has 0 fully saturated rings. The number of nitrogens with zero attached hydrogens (tertiary/aromatic N) is 1. The Bertz CT molecular complexity index is 1530. The maximum Gasteiger partial charge on any atom is 0.255 e. The van der Waals surface area contributed by atoms with E-state index in [1.807, 2.05) is 56.3 Å². The zero-order valence-electron chi connectivity index (χ0n) is 20.1. The van der Waals surface area contributed by atoms with E-state index in [0.29, 0.717) is 11.3 Å². The topological polar surface area (TPSA) is 66.5 Å². The molecule has 178 valence electrons. The van der Waals surface area contributed by atoms with Crippen molar-refractivity contribution in [3.8, 4) is 0 Å². The fourth-order valence-electron chi connectivity index (χ4n) is 4.97. The third-order valence-corrected chi connectivity index (χ3v) is 7.70. The third kappa shape index (κ3) is 4.66. The number of anilines is 2. The molecule has 0 saturated heterocycles. The number of amides is 1. The highest BCUT2D eigenvalue weighted by molar-refractivity contribution is 7.92. The lowest BCUT2D eigenvalue weighted by molar-refractivity contribution is 0.102. The Balaban J connectivity index is 1.37. The zero-order valence-corrected chi connectivity index (χ0v) is 20.9. The predicted octanol–water partition coefficient (Wildman–Crippen LogP) is 5.77. The number of carbonyl (C=O) groups excluding carboxylic acids is 1. The summed E-state index contributed by atoms with van der Waals surface area (Å²) in [4.78, 5) is 13.0. The van der Waals surface area contributed by atoms with Crippen LogP contribution in [-0.4, -0.2) is 20.6 Å². The molecule has 1 amide bonds. The lowest BCUT2D eigenvalue weighted by atomic mass is 10.0. The Morgan fingerprint density at radius 1 is 0.886 bits per heavy atom. The van der Waals surface area contributed by atoms with E-state index >= 15 is 0 Å². The molecule has 0 atom stereocenters. The molecule has 4 aromatic rings. The first-order chi connectivity index (χ1) is 16.7. The minimum atomic E-state index is -3.49.